The van der Waals surface area contributed by atoms with Crippen LogP contribution in [0.15, 0.2) is 58.5 Å². The third kappa shape index (κ3) is 5.48. The molecule has 2 heterocycles. The summed E-state index contributed by atoms with van der Waals surface area (Å²) in [6.07, 6.45) is 2.86. The van der Waals surface area contributed by atoms with Gasteiger partial charge in [0, 0.05) is 29.7 Å². The smallest absolute Gasteiger partial charge is 0.243 e. The van der Waals surface area contributed by atoms with E-state index in [0.717, 1.165) is 30.2 Å². The second kappa shape index (κ2) is 10.2. The molecule has 1 aliphatic rings. The number of carbonyl (C=O) groups is 2. The topological polar surface area (TPSA) is 96.4 Å². The molecule has 4 rings (SSSR count). The average Bonchev–Trinajstić information content (AvgIpc) is 2.83. The van der Waals surface area contributed by atoms with E-state index in [2.05, 4.69) is 10.3 Å². The van der Waals surface area contributed by atoms with Crippen molar-refractivity contribution in [2.75, 3.05) is 24.2 Å². The van der Waals surface area contributed by atoms with E-state index in [1.54, 1.807) is 46.8 Å². The number of ketones is 1. The molecule has 1 fully saturated rings. The molecule has 0 unspecified atom stereocenters. The molecule has 178 valence electrons. The molecule has 0 spiro atoms. The van der Waals surface area contributed by atoms with Crippen LogP contribution in [0.3, 0.4) is 0 Å². The van der Waals surface area contributed by atoms with Crippen molar-refractivity contribution in [3.05, 3.63) is 59.7 Å². The molecule has 1 aliphatic heterocycles. The number of thioether (sulfide) groups is 1. The summed E-state index contributed by atoms with van der Waals surface area (Å²) in [5.41, 5.74) is 2.82. The van der Waals surface area contributed by atoms with Crippen LogP contribution in [-0.4, -0.2) is 48.2 Å². The molecule has 1 N–H and O–H groups in total. The Bertz CT molecular complexity index is 1330. The summed E-state index contributed by atoms with van der Waals surface area (Å²) in [5, 5.41) is 4.30. The number of sulfonamides is 1. The number of nitrogens with one attached hydrogen (secondary N) is 1. The number of carbonyl (C=O) groups excluding carboxylic acids is 2. The SMILES string of the molecule is CC(=O)c1ccc(NC(=O)CSc2cc(C)c3cc(S(=O)(=O)N4CCCCC4)ccc3n2)cc1. The predicted octanol–water partition coefficient (Wildman–Crippen LogP) is 4.65. The fourth-order valence-corrected chi connectivity index (χ4v) is 6.27. The van der Waals surface area contributed by atoms with E-state index in [9.17, 15) is 18.0 Å². The predicted molar refractivity (Wildman–Crippen MR) is 135 cm³/mol. The molecule has 0 aliphatic carbocycles. The lowest BCUT2D eigenvalue weighted by Gasteiger charge is -2.26. The highest BCUT2D eigenvalue weighted by atomic mass is 32.2. The fraction of sp³-hybridized carbons (Fsp3) is 0.320. The number of amides is 1. The molecule has 0 atom stereocenters. The van der Waals surface area contributed by atoms with Crippen LogP contribution in [-0.2, 0) is 14.8 Å². The molecule has 1 amide bonds. The van der Waals surface area contributed by atoms with Gasteiger partial charge in [-0.15, -0.1) is 0 Å². The minimum Gasteiger partial charge on any atom is -0.325 e. The number of piperidine rings is 1. The summed E-state index contributed by atoms with van der Waals surface area (Å²) in [6, 6.07) is 13.7. The summed E-state index contributed by atoms with van der Waals surface area (Å²) in [5.74, 6) is -0.0288. The van der Waals surface area contributed by atoms with Gasteiger partial charge in [-0.25, -0.2) is 13.4 Å². The molecule has 7 nitrogen and oxygen atoms in total. The molecule has 3 aromatic rings. The Kier molecular flexibility index (Phi) is 7.35. The highest BCUT2D eigenvalue weighted by Crippen LogP contribution is 2.28. The number of aryl methyl sites for hydroxylation is 1. The van der Waals surface area contributed by atoms with Gasteiger partial charge in [0.1, 0.15) is 0 Å². The van der Waals surface area contributed by atoms with Crippen molar-refractivity contribution >= 4 is 50.1 Å². The van der Waals surface area contributed by atoms with E-state index in [1.165, 1.54) is 18.7 Å². The number of nitrogens with zero attached hydrogens (tertiary/aromatic N) is 2. The van der Waals surface area contributed by atoms with Crippen LogP contribution < -0.4 is 5.32 Å². The van der Waals surface area contributed by atoms with E-state index in [4.69, 9.17) is 0 Å². The van der Waals surface area contributed by atoms with Crippen molar-refractivity contribution in [3.63, 3.8) is 0 Å². The highest BCUT2D eigenvalue weighted by molar-refractivity contribution is 7.99. The highest BCUT2D eigenvalue weighted by Gasteiger charge is 2.26. The Morgan fingerprint density at radius 1 is 1.03 bits per heavy atom. The second-order valence-electron chi connectivity index (χ2n) is 8.39. The number of pyridine rings is 1. The quantitative estimate of drug-likeness (QED) is 0.377. The van der Waals surface area contributed by atoms with Crippen molar-refractivity contribution in [1.82, 2.24) is 9.29 Å². The molecule has 0 saturated carbocycles. The first kappa shape index (κ1) is 24.4. The lowest BCUT2D eigenvalue weighted by molar-refractivity contribution is -0.113. The summed E-state index contributed by atoms with van der Waals surface area (Å²) in [7, 11) is -3.51. The largest absolute Gasteiger partial charge is 0.325 e. The van der Waals surface area contributed by atoms with Gasteiger partial charge in [0.05, 0.1) is 21.2 Å². The Morgan fingerprint density at radius 2 is 1.74 bits per heavy atom. The van der Waals surface area contributed by atoms with Crippen LogP contribution in [0.25, 0.3) is 10.9 Å². The first-order valence-electron chi connectivity index (χ1n) is 11.2. The summed E-state index contributed by atoms with van der Waals surface area (Å²) in [6.45, 7) is 4.55. The third-order valence-corrected chi connectivity index (χ3v) is 8.65. The van der Waals surface area contributed by atoms with E-state index in [0.29, 0.717) is 39.8 Å². The lowest BCUT2D eigenvalue weighted by atomic mass is 10.1. The Morgan fingerprint density at radius 3 is 2.41 bits per heavy atom. The maximum Gasteiger partial charge on any atom is 0.243 e. The minimum atomic E-state index is -3.51. The Hall–Kier alpha value is -2.75. The van der Waals surface area contributed by atoms with Crippen molar-refractivity contribution in [3.8, 4) is 0 Å². The molecular formula is C25H27N3O4S2. The van der Waals surface area contributed by atoms with Gasteiger partial charge >= 0.3 is 0 Å². The maximum atomic E-state index is 13.0. The summed E-state index contributed by atoms with van der Waals surface area (Å²) in [4.78, 5) is 28.6. The van der Waals surface area contributed by atoms with Crippen LogP contribution in [0.5, 0.6) is 0 Å². The van der Waals surface area contributed by atoms with E-state index >= 15 is 0 Å². The monoisotopic (exact) mass is 497 g/mol. The normalized spacial score (nSPS) is 14.8. The number of anilines is 1. The van der Waals surface area contributed by atoms with Gasteiger partial charge in [0.15, 0.2) is 5.78 Å². The number of fused-ring (bicyclic) bond motifs is 1. The van der Waals surface area contributed by atoms with E-state index < -0.39 is 10.0 Å². The molecule has 1 saturated heterocycles. The average molecular weight is 498 g/mol. The number of aromatic nitrogens is 1. The van der Waals surface area contributed by atoms with Gasteiger partial charge in [-0.1, -0.05) is 18.2 Å². The number of hydrogen-bond donors (Lipinski definition) is 1. The number of rotatable bonds is 7. The van der Waals surface area contributed by atoms with Gasteiger partial charge in [-0.3, -0.25) is 9.59 Å². The zero-order chi connectivity index (χ0) is 24.3. The van der Waals surface area contributed by atoms with Gasteiger partial charge in [0.2, 0.25) is 15.9 Å². The summed E-state index contributed by atoms with van der Waals surface area (Å²) < 4.78 is 27.6. The van der Waals surface area contributed by atoms with Crippen LogP contribution in [0, 0.1) is 6.92 Å². The zero-order valence-electron chi connectivity index (χ0n) is 19.2. The third-order valence-electron chi connectivity index (χ3n) is 5.84. The van der Waals surface area contributed by atoms with Crippen LogP contribution >= 0.6 is 11.8 Å². The molecule has 0 radical (unpaired) electrons. The molecule has 34 heavy (non-hydrogen) atoms. The molecule has 1 aromatic heterocycles. The number of benzene rings is 2. The number of Topliss-reactive ketones (excluding diaryl/α,β-unsaturated/α-hetero) is 1. The molecular weight excluding hydrogens is 470 g/mol. The number of hydrogen-bond acceptors (Lipinski definition) is 6. The van der Waals surface area contributed by atoms with Gasteiger partial charge in [-0.05, 0) is 80.8 Å². The fourth-order valence-electron chi connectivity index (χ4n) is 3.96. The first-order valence-corrected chi connectivity index (χ1v) is 13.6. The van der Waals surface area contributed by atoms with E-state index in [1.807, 2.05) is 13.0 Å². The standard InChI is InChI=1S/C25H27N3O4S2/c1-17-14-25(33-16-24(30)26-20-8-6-19(7-9-20)18(2)29)27-23-11-10-21(15-22(17)23)34(31,32)28-12-4-3-5-13-28/h6-11,14-15H,3-5,12-13,16H2,1-2H3,(H,26,30). The van der Waals surface area contributed by atoms with Crippen molar-refractivity contribution in [1.29, 1.82) is 0 Å². The summed E-state index contributed by atoms with van der Waals surface area (Å²) >= 11 is 1.31. The second-order valence-corrected chi connectivity index (χ2v) is 11.3. The van der Waals surface area contributed by atoms with E-state index in [-0.39, 0.29) is 17.4 Å². The van der Waals surface area contributed by atoms with Gasteiger partial charge in [-0.2, -0.15) is 4.31 Å². The van der Waals surface area contributed by atoms with Crippen LogP contribution in [0.4, 0.5) is 5.69 Å². The van der Waals surface area contributed by atoms with Gasteiger partial charge < -0.3 is 5.32 Å². The molecule has 0 bridgehead atoms. The Balaban J connectivity index is 1.45. The molecule has 9 heteroatoms. The van der Waals surface area contributed by atoms with Crippen molar-refractivity contribution in [2.24, 2.45) is 0 Å². The van der Waals surface area contributed by atoms with Crippen LogP contribution in [0.1, 0.15) is 42.1 Å². The zero-order valence-corrected chi connectivity index (χ0v) is 20.8. The molecule has 2 aromatic carbocycles. The van der Waals surface area contributed by atoms with Crippen molar-refractivity contribution in [2.45, 2.75) is 43.0 Å². The lowest BCUT2D eigenvalue weighted by Crippen LogP contribution is -2.35. The first-order chi connectivity index (χ1) is 16.2. The Labute approximate surface area is 204 Å². The van der Waals surface area contributed by atoms with Crippen LogP contribution in [0.2, 0.25) is 0 Å². The minimum absolute atomic E-state index is 0.0256. The van der Waals surface area contributed by atoms with Gasteiger partial charge in [0.25, 0.3) is 0 Å². The van der Waals surface area contributed by atoms with Crippen molar-refractivity contribution < 1.29 is 18.0 Å². The maximum absolute atomic E-state index is 13.0.